The van der Waals surface area contributed by atoms with Gasteiger partial charge in [-0.2, -0.15) is 13.2 Å². The van der Waals surface area contributed by atoms with Crippen molar-refractivity contribution in [3.63, 3.8) is 0 Å². The SMILES string of the molecule is CCNC(=NCc1ccccc1OCC(C)C)NCCC(F)(F)F.I. The van der Waals surface area contributed by atoms with Crippen LogP contribution in [0.4, 0.5) is 13.2 Å². The second-order valence-electron chi connectivity index (χ2n) is 5.80. The summed E-state index contributed by atoms with van der Waals surface area (Å²) in [6.45, 7) is 7.29. The summed E-state index contributed by atoms with van der Waals surface area (Å²) in [5.74, 6) is 1.52. The molecule has 0 radical (unpaired) electrons. The molecule has 1 aromatic carbocycles. The summed E-state index contributed by atoms with van der Waals surface area (Å²) in [7, 11) is 0. The van der Waals surface area contributed by atoms with Crippen LogP contribution in [0, 0.1) is 5.92 Å². The van der Waals surface area contributed by atoms with Crippen molar-refractivity contribution in [2.45, 2.75) is 39.9 Å². The van der Waals surface area contributed by atoms with Crippen LogP contribution in [0.2, 0.25) is 0 Å². The van der Waals surface area contributed by atoms with E-state index in [1.807, 2.05) is 31.2 Å². The minimum atomic E-state index is -4.18. The Hall–Kier alpha value is -1.19. The van der Waals surface area contributed by atoms with Crippen LogP contribution in [0.5, 0.6) is 5.75 Å². The predicted molar refractivity (Wildman–Crippen MR) is 106 cm³/mol. The fraction of sp³-hybridized carbons (Fsp3) is 0.588. The highest BCUT2D eigenvalue weighted by atomic mass is 127. The number of benzene rings is 1. The van der Waals surface area contributed by atoms with Crippen LogP contribution >= 0.6 is 24.0 Å². The largest absolute Gasteiger partial charge is 0.493 e. The smallest absolute Gasteiger partial charge is 0.390 e. The Balaban J connectivity index is 0.00000576. The molecule has 0 aliphatic heterocycles. The van der Waals surface area contributed by atoms with E-state index in [2.05, 4.69) is 29.5 Å². The van der Waals surface area contributed by atoms with E-state index in [0.717, 1.165) is 11.3 Å². The van der Waals surface area contributed by atoms with E-state index in [-0.39, 0.29) is 30.5 Å². The van der Waals surface area contributed by atoms with Gasteiger partial charge in [-0.3, -0.25) is 0 Å². The van der Waals surface area contributed by atoms with Crippen LogP contribution in [-0.4, -0.2) is 31.8 Å². The lowest BCUT2D eigenvalue weighted by Crippen LogP contribution is -2.38. The van der Waals surface area contributed by atoms with E-state index in [0.29, 0.717) is 31.6 Å². The van der Waals surface area contributed by atoms with Crippen molar-refractivity contribution in [2.24, 2.45) is 10.9 Å². The molecule has 0 saturated carbocycles. The van der Waals surface area contributed by atoms with E-state index < -0.39 is 12.6 Å². The molecule has 144 valence electrons. The van der Waals surface area contributed by atoms with E-state index >= 15 is 0 Å². The van der Waals surface area contributed by atoms with Gasteiger partial charge in [-0.1, -0.05) is 32.0 Å². The number of aliphatic imine (C=N–C) groups is 1. The Morgan fingerprint density at radius 3 is 2.48 bits per heavy atom. The lowest BCUT2D eigenvalue weighted by Gasteiger charge is -2.14. The quantitative estimate of drug-likeness (QED) is 0.336. The van der Waals surface area contributed by atoms with Crippen LogP contribution in [0.1, 0.15) is 32.8 Å². The number of nitrogens with one attached hydrogen (secondary N) is 2. The minimum Gasteiger partial charge on any atom is -0.493 e. The maximum absolute atomic E-state index is 12.2. The standard InChI is InChI=1S/C17H26F3N3O.HI/c1-4-21-16(22-10-9-17(18,19)20)23-11-14-7-5-6-8-15(14)24-12-13(2)3;/h5-8,13H,4,9-12H2,1-3H3,(H2,21,22,23);1H. The lowest BCUT2D eigenvalue weighted by atomic mass is 10.2. The molecule has 0 amide bonds. The zero-order valence-electron chi connectivity index (χ0n) is 14.8. The lowest BCUT2D eigenvalue weighted by molar-refractivity contribution is -0.132. The molecular weight excluding hydrogens is 446 g/mol. The summed E-state index contributed by atoms with van der Waals surface area (Å²) in [4.78, 5) is 4.34. The van der Waals surface area contributed by atoms with Gasteiger partial charge < -0.3 is 15.4 Å². The molecule has 0 spiro atoms. The number of halogens is 4. The molecule has 1 aromatic rings. The van der Waals surface area contributed by atoms with E-state index in [9.17, 15) is 13.2 Å². The topological polar surface area (TPSA) is 45.7 Å². The third-order valence-corrected chi connectivity index (χ3v) is 3.00. The summed E-state index contributed by atoms with van der Waals surface area (Å²) in [5, 5.41) is 5.63. The first-order valence-corrected chi connectivity index (χ1v) is 8.11. The van der Waals surface area contributed by atoms with E-state index in [4.69, 9.17) is 4.74 Å². The molecule has 0 bridgehead atoms. The van der Waals surface area contributed by atoms with Gasteiger partial charge in [-0.05, 0) is 18.9 Å². The van der Waals surface area contributed by atoms with Crippen molar-refractivity contribution in [1.82, 2.24) is 10.6 Å². The van der Waals surface area contributed by atoms with Gasteiger partial charge >= 0.3 is 6.18 Å². The molecule has 0 heterocycles. The fourth-order valence-electron chi connectivity index (χ4n) is 1.86. The first kappa shape index (κ1) is 23.8. The maximum atomic E-state index is 12.2. The normalized spacial score (nSPS) is 11.9. The van der Waals surface area contributed by atoms with Crippen molar-refractivity contribution in [3.05, 3.63) is 29.8 Å². The predicted octanol–water partition coefficient (Wildman–Crippen LogP) is 4.35. The molecule has 0 fully saturated rings. The number of alkyl halides is 3. The highest BCUT2D eigenvalue weighted by Gasteiger charge is 2.26. The molecule has 0 unspecified atom stereocenters. The van der Waals surface area contributed by atoms with Crippen LogP contribution in [0.3, 0.4) is 0 Å². The second kappa shape index (κ2) is 12.2. The van der Waals surface area contributed by atoms with Gasteiger partial charge in [0, 0.05) is 18.7 Å². The number of hydrogen-bond acceptors (Lipinski definition) is 2. The van der Waals surface area contributed by atoms with E-state index in [1.54, 1.807) is 0 Å². The number of para-hydroxylation sites is 1. The summed E-state index contributed by atoms with van der Waals surface area (Å²) in [6.07, 6.45) is -5.08. The average Bonchev–Trinajstić information content (AvgIpc) is 2.50. The Kier molecular flexibility index (Phi) is 11.6. The van der Waals surface area contributed by atoms with Crippen molar-refractivity contribution >= 4 is 29.9 Å². The third kappa shape index (κ3) is 11.1. The zero-order chi connectivity index (χ0) is 18.0. The van der Waals surface area contributed by atoms with Crippen molar-refractivity contribution in [1.29, 1.82) is 0 Å². The molecule has 0 aromatic heterocycles. The first-order valence-electron chi connectivity index (χ1n) is 8.11. The molecule has 0 atom stereocenters. The molecule has 25 heavy (non-hydrogen) atoms. The molecule has 0 aliphatic rings. The Labute approximate surface area is 164 Å². The number of guanidine groups is 1. The summed E-state index contributed by atoms with van der Waals surface area (Å²) >= 11 is 0. The average molecular weight is 473 g/mol. The zero-order valence-corrected chi connectivity index (χ0v) is 17.2. The minimum absolute atomic E-state index is 0. The molecule has 8 heteroatoms. The molecule has 0 aliphatic carbocycles. The Bertz CT molecular complexity index is 522. The highest BCUT2D eigenvalue weighted by Crippen LogP contribution is 2.20. The fourth-order valence-corrected chi connectivity index (χ4v) is 1.86. The summed E-state index contributed by atoms with van der Waals surface area (Å²) in [5.41, 5.74) is 0.895. The van der Waals surface area contributed by atoms with Gasteiger partial charge in [-0.25, -0.2) is 4.99 Å². The Morgan fingerprint density at radius 2 is 1.88 bits per heavy atom. The third-order valence-electron chi connectivity index (χ3n) is 3.00. The molecular formula is C17H27F3IN3O. The molecule has 1 rings (SSSR count). The van der Waals surface area contributed by atoms with Crippen molar-refractivity contribution < 1.29 is 17.9 Å². The number of rotatable bonds is 8. The summed E-state index contributed by atoms with van der Waals surface area (Å²) < 4.78 is 42.4. The highest BCUT2D eigenvalue weighted by molar-refractivity contribution is 14.0. The van der Waals surface area contributed by atoms with Gasteiger partial charge in [0.15, 0.2) is 5.96 Å². The van der Waals surface area contributed by atoms with Crippen LogP contribution in [-0.2, 0) is 6.54 Å². The van der Waals surface area contributed by atoms with E-state index in [1.165, 1.54) is 0 Å². The molecule has 2 N–H and O–H groups in total. The first-order chi connectivity index (χ1) is 11.3. The van der Waals surface area contributed by atoms with Gasteiger partial charge in [-0.15, -0.1) is 24.0 Å². The van der Waals surface area contributed by atoms with Gasteiger partial charge in [0.25, 0.3) is 0 Å². The van der Waals surface area contributed by atoms with Crippen LogP contribution < -0.4 is 15.4 Å². The van der Waals surface area contributed by atoms with Crippen molar-refractivity contribution in [2.75, 3.05) is 19.7 Å². The Morgan fingerprint density at radius 1 is 1.20 bits per heavy atom. The van der Waals surface area contributed by atoms with Crippen LogP contribution in [0.15, 0.2) is 29.3 Å². The molecule has 0 saturated heterocycles. The van der Waals surface area contributed by atoms with Crippen LogP contribution in [0.25, 0.3) is 0 Å². The number of hydrogen-bond donors (Lipinski definition) is 2. The van der Waals surface area contributed by atoms with Gasteiger partial charge in [0.1, 0.15) is 5.75 Å². The monoisotopic (exact) mass is 473 g/mol. The molecule has 4 nitrogen and oxygen atoms in total. The second-order valence-corrected chi connectivity index (χ2v) is 5.80. The van der Waals surface area contributed by atoms with Gasteiger partial charge in [0.05, 0.1) is 19.6 Å². The van der Waals surface area contributed by atoms with Gasteiger partial charge in [0.2, 0.25) is 0 Å². The maximum Gasteiger partial charge on any atom is 0.390 e. The summed E-state index contributed by atoms with van der Waals surface area (Å²) in [6, 6.07) is 7.54. The van der Waals surface area contributed by atoms with Crippen molar-refractivity contribution in [3.8, 4) is 5.75 Å². The number of ether oxygens (including phenoxy) is 1. The number of nitrogens with zero attached hydrogens (tertiary/aromatic N) is 1.